The fourth-order valence-electron chi connectivity index (χ4n) is 2.73. The molecule has 0 aliphatic heterocycles. The van der Waals surface area contributed by atoms with Crippen molar-refractivity contribution in [1.82, 2.24) is 0 Å². The molecule has 21 heavy (non-hydrogen) atoms. The summed E-state index contributed by atoms with van der Waals surface area (Å²) in [6.07, 6.45) is -4.00. The lowest BCUT2D eigenvalue weighted by atomic mass is 10.2. The summed E-state index contributed by atoms with van der Waals surface area (Å²) in [6.45, 7) is 26.9. The van der Waals surface area contributed by atoms with Gasteiger partial charge in [0.25, 0.3) is 0 Å². The van der Waals surface area contributed by atoms with Crippen LogP contribution < -0.4 is 0 Å². The Kier molecular flexibility index (Phi) is 6.32. The number of nitrogens with zero attached hydrogens (tertiary/aromatic N) is 1. The van der Waals surface area contributed by atoms with Crippen LogP contribution in [0.15, 0.2) is 0 Å². The molecule has 1 nitrogen and oxygen atoms in total. The number of rotatable bonds is 2. The first-order chi connectivity index (χ1) is 8.71. The molecule has 0 amide bonds. The van der Waals surface area contributed by atoms with Crippen molar-refractivity contribution >= 4 is 36.0 Å². The van der Waals surface area contributed by atoms with Gasteiger partial charge >= 0.3 is 0 Å². The molecular formula is C16H36NP2S2-. The first-order valence-electron chi connectivity index (χ1n) is 7.66. The van der Waals surface area contributed by atoms with Crippen LogP contribution in [0, 0.1) is 0 Å². The lowest BCUT2D eigenvalue weighted by molar-refractivity contribution is 0.700. The third kappa shape index (κ3) is 4.21. The summed E-state index contributed by atoms with van der Waals surface area (Å²) in [5.74, 6) is 0. The van der Waals surface area contributed by atoms with Crippen LogP contribution in [0.4, 0.5) is 0 Å². The van der Waals surface area contributed by atoms with E-state index in [0.29, 0.717) is 0 Å². The third-order valence-corrected chi connectivity index (χ3v) is 21.1. The SMILES string of the molecule is CC(C)(C)P(=S)([N-]P(=S)(C(C)(C)C)C(C)(C)C)C(C)(C)C. The minimum atomic E-state index is -2.00. The number of hydrogen-bond acceptors (Lipinski definition) is 2. The number of hydrogen-bond donors (Lipinski definition) is 0. The van der Waals surface area contributed by atoms with Gasteiger partial charge in [-0.2, -0.15) is 0 Å². The second-order valence-electron chi connectivity index (χ2n) is 9.92. The first kappa shape index (κ1) is 22.3. The van der Waals surface area contributed by atoms with Crippen LogP contribution in [0.3, 0.4) is 0 Å². The van der Waals surface area contributed by atoms with Crippen molar-refractivity contribution in [2.45, 2.75) is 104 Å². The molecule has 0 aromatic carbocycles. The van der Waals surface area contributed by atoms with E-state index in [0.717, 1.165) is 0 Å². The summed E-state index contributed by atoms with van der Waals surface area (Å²) in [7, 11) is 0. The van der Waals surface area contributed by atoms with E-state index >= 15 is 0 Å². The molecule has 0 saturated carbocycles. The summed E-state index contributed by atoms with van der Waals surface area (Å²) in [5.41, 5.74) is 0. The third-order valence-electron chi connectivity index (χ3n) is 3.89. The van der Waals surface area contributed by atoms with Gasteiger partial charge in [-0.15, -0.1) is 36.0 Å². The Balaban J connectivity index is 6.31. The minimum Gasteiger partial charge on any atom is -0.589 e. The summed E-state index contributed by atoms with van der Waals surface area (Å²) >= 11 is 12.5. The van der Waals surface area contributed by atoms with E-state index in [1.165, 1.54) is 0 Å². The highest BCUT2D eigenvalue weighted by Crippen LogP contribution is 2.86. The van der Waals surface area contributed by atoms with E-state index < -0.39 is 12.4 Å². The zero-order valence-electron chi connectivity index (χ0n) is 16.2. The second kappa shape index (κ2) is 5.96. The molecule has 0 bridgehead atoms. The van der Waals surface area contributed by atoms with Gasteiger partial charge in [-0.05, 0) is 20.6 Å². The van der Waals surface area contributed by atoms with Crippen molar-refractivity contribution in [1.29, 1.82) is 0 Å². The molecule has 0 aromatic rings. The van der Waals surface area contributed by atoms with Gasteiger partial charge < -0.3 is 4.86 Å². The molecule has 5 heteroatoms. The van der Waals surface area contributed by atoms with E-state index in [1.54, 1.807) is 0 Å². The molecule has 0 aliphatic carbocycles. The summed E-state index contributed by atoms with van der Waals surface area (Å²) in [6, 6.07) is 0. The van der Waals surface area contributed by atoms with Crippen LogP contribution in [0.1, 0.15) is 83.1 Å². The Morgan fingerprint density at radius 2 is 0.619 bits per heavy atom. The summed E-state index contributed by atoms with van der Waals surface area (Å²) < 4.78 is 0. The van der Waals surface area contributed by atoms with Gasteiger partial charge in [0.1, 0.15) is 0 Å². The molecule has 0 unspecified atom stereocenters. The van der Waals surface area contributed by atoms with Crippen LogP contribution in [0.5, 0.6) is 0 Å². The molecule has 0 heterocycles. The molecule has 0 aromatic heterocycles. The standard InChI is InChI=1S/C16H36NP2S2/c1-13(2,3)18(20,14(4,5)6)17-19(21,15(7,8)9)16(10,11)12/h1-12H3/q-1. The molecule has 0 saturated heterocycles. The summed E-state index contributed by atoms with van der Waals surface area (Å²) in [4.78, 5) is 5.48. The maximum atomic E-state index is 6.27. The van der Waals surface area contributed by atoms with E-state index in [-0.39, 0.29) is 20.6 Å². The molecule has 0 rings (SSSR count). The fourth-order valence-corrected chi connectivity index (χ4v) is 14.9. The quantitative estimate of drug-likeness (QED) is 0.473. The maximum Gasteiger partial charge on any atom is -0.0252 e. The van der Waals surface area contributed by atoms with Gasteiger partial charge in [0.15, 0.2) is 0 Å². The Hall–Kier alpha value is 1.26. The summed E-state index contributed by atoms with van der Waals surface area (Å²) in [5, 5.41) is 0.00454. The zero-order valence-corrected chi connectivity index (χ0v) is 19.6. The topological polar surface area (TPSA) is 14.1 Å². The van der Waals surface area contributed by atoms with E-state index in [1.807, 2.05) is 0 Å². The highest BCUT2D eigenvalue weighted by molar-refractivity contribution is 8.28. The van der Waals surface area contributed by atoms with Crippen molar-refractivity contribution in [3.63, 3.8) is 0 Å². The zero-order chi connectivity index (χ0) is 17.7. The molecule has 0 N–H and O–H groups in total. The molecule has 0 fully saturated rings. The average molecular weight is 369 g/mol. The first-order valence-corrected chi connectivity index (χ1v) is 13.2. The lowest BCUT2D eigenvalue weighted by Gasteiger charge is -2.65. The van der Waals surface area contributed by atoms with Crippen LogP contribution in [0.2, 0.25) is 0 Å². The van der Waals surface area contributed by atoms with Gasteiger partial charge in [-0.3, -0.25) is 0 Å². The van der Waals surface area contributed by atoms with Crippen molar-refractivity contribution < 1.29 is 0 Å². The fraction of sp³-hybridized carbons (Fsp3) is 1.00. The molecule has 0 spiro atoms. The smallest absolute Gasteiger partial charge is 0.0252 e. The Labute approximate surface area is 144 Å². The van der Waals surface area contributed by atoms with Crippen molar-refractivity contribution in [2.24, 2.45) is 0 Å². The minimum absolute atomic E-state index is 0.00113. The van der Waals surface area contributed by atoms with Crippen LogP contribution in [0.25, 0.3) is 4.86 Å². The molecule has 128 valence electrons. The monoisotopic (exact) mass is 368 g/mol. The molecule has 0 aliphatic rings. The van der Waals surface area contributed by atoms with Crippen molar-refractivity contribution in [2.75, 3.05) is 0 Å². The van der Waals surface area contributed by atoms with Crippen molar-refractivity contribution in [3.8, 4) is 0 Å². The largest absolute Gasteiger partial charge is 0.589 e. The Bertz CT molecular complexity index is 388. The van der Waals surface area contributed by atoms with Gasteiger partial charge in [-0.25, -0.2) is 0 Å². The average Bonchev–Trinajstić information content (AvgIpc) is 2.09. The second-order valence-corrected chi connectivity index (χ2v) is 21.5. The molecule has 0 radical (unpaired) electrons. The van der Waals surface area contributed by atoms with Crippen molar-refractivity contribution in [3.05, 3.63) is 4.86 Å². The van der Waals surface area contributed by atoms with Gasteiger partial charge in [0, 0.05) is 0 Å². The van der Waals surface area contributed by atoms with E-state index in [9.17, 15) is 0 Å². The van der Waals surface area contributed by atoms with Crippen LogP contribution >= 0.6 is 12.4 Å². The van der Waals surface area contributed by atoms with Crippen LogP contribution in [-0.2, 0) is 23.6 Å². The predicted octanol–water partition coefficient (Wildman–Crippen LogP) is 7.34. The molecule has 0 atom stereocenters. The lowest BCUT2D eigenvalue weighted by Crippen LogP contribution is -2.32. The van der Waals surface area contributed by atoms with E-state index in [4.69, 9.17) is 28.5 Å². The highest BCUT2D eigenvalue weighted by atomic mass is 32.5. The van der Waals surface area contributed by atoms with Crippen LogP contribution in [-0.4, -0.2) is 20.6 Å². The molecular weight excluding hydrogens is 332 g/mol. The van der Waals surface area contributed by atoms with Gasteiger partial charge in [0.2, 0.25) is 0 Å². The van der Waals surface area contributed by atoms with Gasteiger partial charge in [-0.1, -0.05) is 83.1 Å². The van der Waals surface area contributed by atoms with Gasteiger partial charge in [0.05, 0.1) is 0 Å². The normalized spacial score (nSPS) is 16.2. The maximum absolute atomic E-state index is 6.27. The Morgan fingerprint density at radius 3 is 0.714 bits per heavy atom. The Morgan fingerprint density at radius 1 is 0.476 bits per heavy atom. The highest BCUT2D eigenvalue weighted by Gasteiger charge is 2.41. The van der Waals surface area contributed by atoms with E-state index in [2.05, 4.69) is 83.1 Å². The predicted molar refractivity (Wildman–Crippen MR) is 111 cm³/mol.